The highest BCUT2D eigenvalue weighted by atomic mass is 35.5. The Balaban J connectivity index is 1.49. The van der Waals surface area contributed by atoms with Gasteiger partial charge in [0, 0.05) is 28.7 Å². The van der Waals surface area contributed by atoms with Gasteiger partial charge in [-0.25, -0.2) is 0 Å². The number of hydrogen-bond donors (Lipinski definition) is 0. The number of benzene rings is 2. The van der Waals surface area contributed by atoms with Crippen LogP contribution < -0.4 is 4.74 Å². The Kier molecular flexibility index (Phi) is 7.60. The number of nitrogens with zero attached hydrogens (tertiary/aromatic N) is 2. The fourth-order valence-corrected chi connectivity index (χ4v) is 4.60. The molecule has 2 aromatic rings. The van der Waals surface area contributed by atoms with E-state index in [0.29, 0.717) is 47.7 Å². The fraction of sp³-hybridized carbons (Fsp3) is 0.261. The highest BCUT2D eigenvalue weighted by Gasteiger charge is 2.37. The number of thioether (sulfide) groups is 1. The van der Waals surface area contributed by atoms with Crippen LogP contribution >= 0.6 is 35.0 Å². The van der Waals surface area contributed by atoms with Crippen molar-refractivity contribution in [3.05, 3.63) is 68.5 Å². The number of morpholine rings is 1. The van der Waals surface area contributed by atoms with Gasteiger partial charge in [-0.3, -0.25) is 19.3 Å². The Morgan fingerprint density at radius 3 is 2.61 bits per heavy atom. The summed E-state index contributed by atoms with van der Waals surface area (Å²) in [7, 11) is 0. The van der Waals surface area contributed by atoms with E-state index in [1.165, 1.54) is 0 Å². The number of hydrogen-bond acceptors (Lipinski definition) is 6. The van der Waals surface area contributed by atoms with Gasteiger partial charge in [0.05, 0.1) is 18.1 Å². The molecule has 10 heteroatoms. The van der Waals surface area contributed by atoms with Crippen molar-refractivity contribution in [2.75, 3.05) is 32.8 Å². The average Bonchev–Trinajstić information content (AvgIpc) is 3.06. The zero-order chi connectivity index (χ0) is 23.4. The quantitative estimate of drug-likeness (QED) is 0.538. The molecular formula is C23H20Cl2N2O5S. The zero-order valence-electron chi connectivity index (χ0n) is 17.5. The smallest absolute Gasteiger partial charge is 0.294 e. The zero-order valence-corrected chi connectivity index (χ0v) is 19.8. The highest BCUT2D eigenvalue weighted by molar-refractivity contribution is 8.18. The van der Waals surface area contributed by atoms with Gasteiger partial charge in [-0.15, -0.1) is 0 Å². The maximum Gasteiger partial charge on any atom is 0.294 e. The normalized spacial score (nSPS) is 17.7. The molecule has 2 heterocycles. The standard InChI is InChI=1S/C23H20Cl2N2O5S/c24-17-3-1-2-15(10-17)14-32-19-5-4-18(25)11-16(19)12-20-22(29)27(23(30)33-20)13-21(28)26-6-8-31-9-7-26/h1-5,10-12H,6-9,13-14H2/b20-12+. The third-order valence-corrected chi connectivity index (χ3v) is 6.45. The molecule has 0 spiro atoms. The van der Waals surface area contributed by atoms with Crippen LogP contribution in [0.15, 0.2) is 47.4 Å². The van der Waals surface area contributed by atoms with Crippen LogP contribution in [0.3, 0.4) is 0 Å². The maximum atomic E-state index is 12.9. The number of halogens is 2. The second kappa shape index (κ2) is 10.6. The molecule has 0 radical (unpaired) electrons. The number of carbonyl (C=O) groups excluding carboxylic acids is 3. The molecule has 0 unspecified atom stereocenters. The number of rotatable bonds is 6. The lowest BCUT2D eigenvalue weighted by Gasteiger charge is -2.28. The molecule has 0 bridgehead atoms. The molecule has 4 rings (SSSR count). The van der Waals surface area contributed by atoms with E-state index in [9.17, 15) is 14.4 Å². The summed E-state index contributed by atoms with van der Waals surface area (Å²) in [6.07, 6.45) is 1.56. The maximum absolute atomic E-state index is 12.9. The Bertz CT molecular complexity index is 1120. The molecule has 0 N–H and O–H groups in total. The van der Waals surface area contributed by atoms with Gasteiger partial charge in [0.2, 0.25) is 5.91 Å². The van der Waals surface area contributed by atoms with Crippen LogP contribution in [0.4, 0.5) is 4.79 Å². The SMILES string of the molecule is O=C(CN1C(=O)S/C(=C/c2cc(Cl)ccc2OCc2cccc(Cl)c2)C1=O)N1CCOCC1. The molecule has 0 saturated carbocycles. The third kappa shape index (κ3) is 5.89. The predicted octanol–water partition coefficient (Wildman–Crippen LogP) is 4.47. The van der Waals surface area contributed by atoms with E-state index < -0.39 is 11.1 Å². The van der Waals surface area contributed by atoms with Gasteiger partial charge in [0.25, 0.3) is 11.1 Å². The second-order valence-electron chi connectivity index (χ2n) is 7.36. The van der Waals surface area contributed by atoms with Gasteiger partial charge in [0.1, 0.15) is 18.9 Å². The van der Waals surface area contributed by atoms with Gasteiger partial charge in [-0.1, -0.05) is 35.3 Å². The molecule has 0 aliphatic carbocycles. The Morgan fingerprint density at radius 1 is 1.09 bits per heavy atom. The molecule has 2 aliphatic rings. The van der Waals surface area contributed by atoms with Gasteiger partial charge in [0.15, 0.2) is 0 Å². The van der Waals surface area contributed by atoms with Gasteiger partial charge >= 0.3 is 0 Å². The van der Waals surface area contributed by atoms with Crippen molar-refractivity contribution in [2.24, 2.45) is 0 Å². The number of amides is 3. The minimum absolute atomic E-state index is 0.199. The first-order valence-corrected chi connectivity index (χ1v) is 11.8. The van der Waals surface area contributed by atoms with Crippen molar-refractivity contribution < 1.29 is 23.9 Å². The lowest BCUT2D eigenvalue weighted by atomic mass is 10.1. The van der Waals surface area contributed by atoms with E-state index in [4.69, 9.17) is 32.7 Å². The molecule has 2 aromatic carbocycles. The van der Waals surface area contributed by atoms with Crippen LogP contribution in [0.5, 0.6) is 5.75 Å². The fourth-order valence-electron chi connectivity index (χ4n) is 3.38. The molecule has 2 saturated heterocycles. The van der Waals surface area contributed by atoms with Crippen molar-refractivity contribution >= 4 is 58.1 Å². The van der Waals surface area contributed by atoms with Crippen LogP contribution in [0.2, 0.25) is 10.0 Å². The molecular weight excluding hydrogens is 487 g/mol. The van der Waals surface area contributed by atoms with Crippen LogP contribution in [0, 0.1) is 0 Å². The first-order chi connectivity index (χ1) is 15.9. The molecule has 7 nitrogen and oxygen atoms in total. The van der Waals surface area contributed by atoms with E-state index in [1.807, 2.05) is 12.1 Å². The summed E-state index contributed by atoms with van der Waals surface area (Å²) in [5.74, 6) is -0.307. The summed E-state index contributed by atoms with van der Waals surface area (Å²) in [6.45, 7) is 1.75. The Morgan fingerprint density at radius 2 is 1.85 bits per heavy atom. The van der Waals surface area contributed by atoms with E-state index in [-0.39, 0.29) is 24.0 Å². The molecule has 172 valence electrons. The van der Waals surface area contributed by atoms with E-state index in [2.05, 4.69) is 0 Å². The molecule has 0 atom stereocenters. The van der Waals surface area contributed by atoms with Crippen molar-refractivity contribution in [3.63, 3.8) is 0 Å². The van der Waals surface area contributed by atoms with E-state index in [0.717, 1.165) is 22.2 Å². The van der Waals surface area contributed by atoms with Crippen LogP contribution in [0.1, 0.15) is 11.1 Å². The number of ether oxygens (including phenoxy) is 2. The largest absolute Gasteiger partial charge is 0.488 e. The van der Waals surface area contributed by atoms with E-state index >= 15 is 0 Å². The second-order valence-corrected chi connectivity index (χ2v) is 9.23. The summed E-state index contributed by atoms with van der Waals surface area (Å²) in [4.78, 5) is 40.6. The first-order valence-electron chi connectivity index (χ1n) is 10.2. The summed E-state index contributed by atoms with van der Waals surface area (Å²) >= 11 is 13.0. The molecule has 2 aliphatic heterocycles. The summed E-state index contributed by atoms with van der Waals surface area (Å²) in [5, 5.41) is 0.571. The predicted molar refractivity (Wildman–Crippen MR) is 127 cm³/mol. The minimum atomic E-state index is -0.521. The van der Waals surface area contributed by atoms with Crippen molar-refractivity contribution in [1.82, 2.24) is 9.80 Å². The van der Waals surface area contributed by atoms with E-state index in [1.54, 1.807) is 41.3 Å². The van der Waals surface area contributed by atoms with Crippen molar-refractivity contribution in [1.29, 1.82) is 0 Å². The molecule has 33 heavy (non-hydrogen) atoms. The average molecular weight is 507 g/mol. The topological polar surface area (TPSA) is 76.2 Å². The summed E-state index contributed by atoms with van der Waals surface area (Å²) in [5.41, 5.74) is 1.43. The Hall–Kier alpha value is -2.52. The van der Waals surface area contributed by atoms with Gasteiger partial charge < -0.3 is 14.4 Å². The minimum Gasteiger partial charge on any atom is -0.488 e. The van der Waals surface area contributed by atoms with Crippen molar-refractivity contribution in [2.45, 2.75) is 6.61 Å². The van der Waals surface area contributed by atoms with Crippen molar-refractivity contribution in [3.8, 4) is 5.75 Å². The monoisotopic (exact) mass is 506 g/mol. The van der Waals surface area contributed by atoms with Crippen LogP contribution in [0.25, 0.3) is 6.08 Å². The number of imide groups is 1. The van der Waals surface area contributed by atoms with Gasteiger partial charge in [-0.05, 0) is 53.7 Å². The van der Waals surface area contributed by atoms with Crippen LogP contribution in [-0.4, -0.2) is 59.7 Å². The lowest BCUT2D eigenvalue weighted by molar-refractivity contribution is -0.139. The highest BCUT2D eigenvalue weighted by Crippen LogP contribution is 2.35. The third-order valence-electron chi connectivity index (χ3n) is 5.07. The molecule has 3 amide bonds. The molecule has 2 fully saturated rings. The molecule has 0 aromatic heterocycles. The first kappa shape index (κ1) is 23.6. The Labute approximate surface area is 205 Å². The van der Waals surface area contributed by atoms with Crippen LogP contribution in [-0.2, 0) is 20.9 Å². The summed E-state index contributed by atoms with van der Waals surface area (Å²) < 4.78 is 11.2. The summed E-state index contributed by atoms with van der Waals surface area (Å²) in [6, 6.07) is 12.3. The number of carbonyl (C=O) groups is 3. The van der Waals surface area contributed by atoms with Gasteiger partial charge in [-0.2, -0.15) is 0 Å². The lowest BCUT2D eigenvalue weighted by Crippen LogP contribution is -2.46.